The van der Waals surface area contributed by atoms with Gasteiger partial charge in [0.2, 0.25) is 15.9 Å². The van der Waals surface area contributed by atoms with Gasteiger partial charge in [-0.15, -0.1) is 0 Å². The molecular weight excluding hydrogens is 479 g/mol. The number of sulfonamides is 1. The number of rotatable bonds is 7. The van der Waals surface area contributed by atoms with Crippen molar-refractivity contribution < 1.29 is 13.2 Å². The SMILES string of the molecule is Cc1ccc(S(=O)(=O)N(CC(=O)Nc2ccc(Cl)cc2)Cc2ccc(Cl)cc2Cl)cc1. The normalized spacial score (nSPS) is 11.5. The number of benzene rings is 3. The molecule has 0 aliphatic rings. The van der Waals surface area contributed by atoms with Gasteiger partial charge in [-0.25, -0.2) is 8.42 Å². The molecule has 0 bridgehead atoms. The molecule has 0 aliphatic carbocycles. The van der Waals surface area contributed by atoms with Crippen LogP contribution in [0.5, 0.6) is 0 Å². The Morgan fingerprint density at radius 3 is 2.13 bits per heavy atom. The van der Waals surface area contributed by atoms with Gasteiger partial charge in [0.05, 0.1) is 11.4 Å². The van der Waals surface area contributed by atoms with Crippen LogP contribution in [0.3, 0.4) is 0 Å². The van der Waals surface area contributed by atoms with Gasteiger partial charge in [-0.2, -0.15) is 4.31 Å². The van der Waals surface area contributed by atoms with Crippen molar-refractivity contribution in [1.82, 2.24) is 4.31 Å². The number of carbonyl (C=O) groups excluding carboxylic acids is 1. The zero-order valence-corrected chi connectivity index (χ0v) is 19.6. The van der Waals surface area contributed by atoms with E-state index >= 15 is 0 Å². The fourth-order valence-corrected chi connectivity index (χ4v) is 4.79. The van der Waals surface area contributed by atoms with Crippen molar-refractivity contribution in [2.45, 2.75) is 18.4 Å². The molecule has 1 amide bonds. The first-order valence-corrected chi connectivity index (χ1v) is 11.8. The molecule has 1 N–H and O–H groups in total. The molecule has 3 rings (SSSR count). The number of halogens is 3. The smallest absolute Gasteiger partial charge is 0.243 e. The molecule has 31 heavy (non-hydrogen) atoms. The van der Waals surface area contributed by atoms with Crippen LogP contribution in [0.1, 0.15) is 11.1 Å². The fourth-order valence-electron chi connectivity index (χ4n) is 2.82. The summed E-state index contributed by atoms with van der Waals surface area (Å²) in [7, 11) is -3.98. The second-order valence-electron chi connectivity index (χ2n) is 6.88. The summed E-state index contributed by atoms with van der Waals surface area (Å²) >= 11 is 18.1. The Hall–Kier alpha value is -2.09. The highest BCUT2D eigenvalue weighted by molar-refractivity contribution is 7.89. The topological polar surface area (TPSA) is 66.5 Å². The van der Waals surface area contributed by atoms with Gasteiger partial charge in [-0.05, 0) is 61.0 Å². The second-order valence-corrected chi connectivity index (χ2v) is 10.1. The van der Waals surface area contributed by atoms with Gasteiger partial charge in [-0.3, -0.25) is 4.79 Å². The minimum absolute atomic E-state index is 0.0856. The van der Waals surface area contributed by atoms with Crippen LogP contribution in [0.25, 0.3) is 0 Å². The summed E-state index contributed by atoms with van der Waals surface area (Å²) in [4.78, 5) is 12.8. The van der Waals surface area contributed by atoms with Gasteiger partial charge in [0, 0.05) is 27.3 Å². The molecule has 0 heterocycles. The van der Waals surface area contributed by atoms with E-state index in [9.17, 15) is 13.2 Å². The number of aryl methyl sites for hydroxylation is 1. The Morgan fingerprint density at radius 1 is 0.903 bits per heavy atom. The first kappa shape index (κ1) is 23.6. The second kappa shape index (κ2) is 10.0. The van der Waals surface area contributed by atoms with Crippen molar-refractivity contribution in [3.63, 3.8) is 0 Å². The van der Waals surface area contributed by atoms with E-state index in [4.69, 9.17) is 34.8 Å². The third kappa shape index (κ3) is 6.21. The standard InChI is InChI=1S/C22H19Cl3N2O3S/c1-15-2-10-20(11-3-15)31(29,30)27(13-16-4-5-18(24)12-21(16)25)14-22(28)26-19-8-6-17(23)7-9-19/h2-12H,13-14H2,1H3,(H,26,28). The molecule has 0 atom stereocenters. The molecule has 5 nitrogen and oxygen atoms in total. The van der Waals surface area contributed by atoms with Gasteiger partial charge in [0.15, 0.2) is 0 Å². The monoisotopic (exact) mass is 496 g/mol. The summed E-state index contributed by atoms with van der Waals surface area (Å²) in [5, 5.41) is 3.96. The van der Waals surface area contributed by atoms with Crippen LogP contribution in [-0.2, 0) is 21.4 Å². The molecule has 3 aromatic carbocycles. The molecule has 0 saturated heterocycles. The number of hydrogen-bond donors (Lipinski definition) is 1. The van der Waals surface area contributed by atoms with E-state index in [1.807, 2.05) is 6.92 Å². The van der Waals surface area contributed by atoms with E-state index in [2.05, 4.69) is 5.32 Å². The van der Waals surface area contributed by atoms with Crippen molar-refractivity contribution in [3.05, 3.63) is 92.9 Å². The summed E-state index contributed by atoms with van der Waals surface area (Å²) in [6, 6.07) is 17.7. The highest BCUT2D eigenvalue weighted by Gasteiger charge is 2.27. The highest BCUT2D eigenvalue weighted by Crippen LogP contribution is 2.25. The third-order valence-corrected chi connectivity index (χ3v) is 7.11. The molecule has 0 unspecified atom stereocenters. The minimum Gasteiger partial charge on any atom is -0.325 e. The van der Waals surface area contributed by atoms with Crippen molar-refractivity contribution in [2.75, 3.05) is 11.9 Å². The molecule has 0 aliphatic heterocycles. The molecule has 0 aromatic heterocycles. The summed E-state index contributed by atoms with van der Waals surface area (Å²) in [5.74, 6) is -0.497. The van der Waals surface area contributed by atoms with Gasteiger partial charge >= 0.3 is 0 Å². The zero-order valence-electron chi connectivity index (χ0n) is 16.5. The van der Waals surface area contributed by atoms with E-state index in [-0.39, 0.29) is 11.4 Å². The van der Waals surface area contributed by atoms with Gasteiger partial charge in [0.1, 0.15) is 0 Å². The predicted molar refractivity (Wildman–Crippen MR) is 125 cm³/mol. The maximum absolute atomic E-state index is 13.3. The van der Waals surface area contributed by atoms with Crippen molar-refractivity contribution in [2.24, 2.45) is 0 Å². The quantitative estimate of drug-likeness (QED) is 0.449. The van der Waals surface area contributed by atoms with Crippen LogP contribution >= 0.6 is 34.8 Å². The van der Waals surface area contributed by atoms with Crippen molar-refractivity contribution in [3.8, 4) is 0 Å². The zero-order chi connectivity index (χ0) is 22.6. The van der Waals surface area contributed by atoms with Crippen LogP contribution in [0.15, 0.2) is 71.6 Å². The molecule has 0 spiro atoms. The van der Waals surface area contributed by atoms with E-state index in [0.29, 0.717) is 26.3 Å². The first-order chi connectivity index (χ1) is 14.6. The molecular formula is C22H19Cl3N2O3S. The molecule has 0 fully saturated rings. The number of amides is 1. The number of anilines is 1. The minimum atomic E-state index is -3.98. The fraction of sp³-hybridized carbons (Fsp3) is 0.136. The third-order valence-electron chi connectivity index (χ3n) is 4.47. The van der Waals surface area contributed by atoms with Crippen LogP contribution in [0.2, 0.25) is 15.1 Å². The number of hydrogen-bond acceptors (Lipinski definition) is 3. The largest absolute Gasteiger partial charge is 0.325 e. The Bertz CT molecular complexity index is 1180. The molecule has 3 aromatic rings. The Kier molecular flexibility index (Phi) is 7.62. The Balaban J connectivity index is 1.90. The molecule has 0 saturated carbocycles. The lowest BCUT2D eigenvalue weighted by Gasteiger charge is -2.22. The van der Waals surface area contributed by atoms with Crippen LogP contribution < -0.4 is 5.32 Å². The average molecular weight is 498 g/mol. The summed E-state index contributed by atoms with van der Waals surface area (Å²) < 4.78 is 27.7. The van der Waals surface area contributed by atoms with Gasteiger partial charge < -0.3 is 5.32 Å². The number of carbonyl (C=O) groups is 1. The predicted octanol–water partition coefficient (Wildman–Crippen LogP) is 5.78. The van der Waals surface area contributed by atoms with Crippen LogP contribution in [0, 0.1) is 6.92 Å². The van der Waals surface area contributed by atoms with E-state index in [1.54, 1.807) is 48.5 Å². The van der Waals surface area contributed by atoms with E-state index < -0.39 is 22.5 Å². The lowest BCUT2D eigenvalue weighted by atomic mass is 10.2. The number of nitrogens with zero attached hydrogens (tertiary/aromatic N) is 1. The molecule has 162 valence electrons. The van der Waals surface area contributed by atoms with Crippen LogP contribution in [-0.4, -0.2) is 25.2 Å². The van der Waals surface area contributed by atoms with Crippen molar-refractivity contribution >= 4 is 56.4 Å². The maximum atomic E-state index is 13.3. The average Bonchev–Trinajstić information content (AvgIpc) is 2.71. The lowest BCUT2D eigenvalue weighted by Crippen LogP contribution is -2.37. The Morgan fingerprint density at radius 2 is 1.52 bits per heavy atom. The Labute approximate surface area is 196 Å². The molecule has 0 radical (unpaired) electrons. The van der Waals surface area contributed by atoms with Gasteiger partial charge in [-0.1, -0.05) is 58.6 Å². The maximum Gasteiger partial charge on any atom is 0.243 e. The van der Waals surface area contributed by atoms with Gasteiger partial charge in [0.25, 0.3) is 0 Å². The van der Waals surface area contributed by atoms with E-state index in [0.717, 1.165) is 9.87 Å². The van der Waals surface area contributed by atoms with E-state index in [1.165, 1.54) is 18.2 Å². The lowest BCUT2D eigenvalue weighted by molar-refractivity contribution is -0.116. The summed E-state index contributed by atoms with van der Waals surface area (Å²) in [6.45, 7) is 1.36. The molecule has 9 heteroatoms. The van der Waals surface area contributed by atoms with Crippen molar-refractivity contribution in [1.29, 1.82) is 0 Å². The highest BCUT2D eigenvalue weighted by atomic mass is 35.5. The summed E-state index contributed by atoms with van der Waals surface area (Å²) in [6.07, 6.45) is 0. The van der Waals surface area contributed by atoms with Crippen LogP contribution in [0.4, 0.5) is 5.69 Å². The first-order valence-electron chi connectivity index (χ1n) is 9.21. The summed E-state index contributed by atoms with van der Waals surface area (Å²) in [5.41, 5.74) is 1.96. The number of nitrogens with one attached hydrogen (secondary N) is 1.